The maximum absolute atomic E-state index is 10.7. The van der Waals surface area contributed by atoms with Crippen molar-refractivity contribution in [2.75, 3.05) is 20.3 Å². The van der Waals surface area contributed by atoms with Crippen LogP contribution in [0.5, 0.6) is 0 Å². The van der Waals surface area contributed by atoms with Crippen molar-refractivity contribution < 1.29 is 19.5 Å². The van der Waals surface area contributed by atoms with Crippen LogP contribution in [0.2, 0.25) is 0 Å². The van der Waals surface area contributed by atoms with Crippen molar-refractivity contribution in [1.82, 2.24) is 5.48 Å². The number of rotatable bonds is 7. The molecule has 1 saturated carbocycles. The second-order valence-corrected chi connectivity index (χ2v) is 3.11. The number of carboxylic acid groups (broad SMARTS) is 1. The molecule has 5 nitrogen and oxygen atoms in total. The Kier molecular flexibility index (Phi) is 4.14. The molecule has 13 heavy (non-hydrogen) atoms. The van der Waals surface area contributed by atoms with Crippen LogP contribution >= 0.6 is 0 Å². The molecular formula is C8H15NO4. The average molecular weight is 189 g/mol. The van der Waals surface area contributed by atoms with Crippen LogP contribution in [-0.4, -0.2) is 37.4 Å². The number of aliphatic carboxylic acids is 1. The highest BCUT2D eigenvalue weighted by molar-refractivity contribution is 5.74. The molecule has 1 unspecified atom stereocenters. The summed E-state index contributed by atoms with van der Waals surface area (Å²) in [6, 6.07) is -0.558. The van der Waals surface area contributed by atoms with Crippen molar-refractivity contribution >= 4 is 5.97 Å². The minimum absolute atomic E-state index is 0.236. The van der Waals surface area contributed by atoms with Gasteiger partial charge in [-0.1, -0.05) is 0 Å². The number of ether oxygens (including phenoxy) is 1. The van der Waals surface area contributed by atoms with Crippen LogP contribution in [-0.2, 0) is 14.4 Å². The van der Waals surface area contributed by atoms with E-state index in [2.05, 4.69) is 5.48 Å². The van der Waals surface area contributed by atoms with Crippen molar-refractivity contribution in [2.24, 2.45) is 5.92 Å². The lowest BCUT2D eigenvalue weighted by Gasteiger charge is -2.12. The molecule has 1 fully saturated rings. The summed E-state index contributed by atoms with van der Waals surface area (Å²) in [6.45, 7) is 0.830. The summed E-state index contributed by atoms with van der Waals surface area (Å²) >= 11 is 0. The molecule has 2 N–H and O–H groups in total. The van der Waals surface area contributed by atoms with E-state index in [1.807, 2.05) is 0 Å². The molecule has 0 aromatic rings. The van der Waals surface area contributed by atoms with Crippen molar-refractivity contribution in [1.29, 1.82) is 0 Å². The Balaban J connectivity index is 2.11. The first-order valence-corrected chi connectivity index (χ1v) is 4.34. The minimum atomic E-state index is -0.847. The standard InChI is InChI=1S/C8H15NO4/c1-12-4-5-13-9-7(8(10)11)6-2-3-6/h6-7,9H,2-5H2,1H3,(H,10,11). The molecule has 0 aliphatic heterocycles. The number of carboxylic acids is 1. The van der Waals surface area contributed by atoms with Gasteiger partial charge in [-0.25, -0.2) is 0 Å². The van der Waals surface area contributed by atoms with E-state index < -0.39 is 12.0 Å². The van der Waals surface area contributed by atoms with Crippen LogP contribution in [0.3, 0.4) is 0 Å². The summed E-state index contributed by atoms with van der Waals surface area (Å²) in [5, 5.41) is 8.77. The third kappa shape index (κ3) is 3.71. The second-order valence-electron chi connectivity index (χ2n) is 3.11. The van der Waals surface area contributed by atoms with Crippen molar-refractivity contribution in [3.8, 4) is 0 Å². The summed E-state index contributed by atoms with van der Waals surface area (Å²) in [5.41, 5.74) is 2.54. The first-order chi connectivity index (χ1) is 6.25. The largest absolute Gasteiger partial charge is 0.480 e. The van der Waals surface area contributed by atoms with E-state index in [0.717, 1.165) is 12.8 Å². The zero-order chi connectivity index (χ0) is 9.68. The SMILES string of the molecule is COCCONC(C(=O)O)C1CC1. The molecule has 1 aliphatic carbocycles. The van der Waals surface area contributed by atoms with E-state index in [0.29, 0.717) is 13.2 Å². The summed E-state index contributed by atoms with van der Waals surface area (Å²) in [7, 11) is 1.57. The number of hydroxylamine groups is 1. The van der Waals surface area contributed by atoms with Crippen LogP contribution in [0.4, 0.5) is 0 Å². The van der Waals surface area contributed by atoms with Gasteiger partial charge in [-0.2, -0.15) is 5.48 Å². The van der Waals surface area contributed by atoms with Gasteiger partial charge < -0.3 is 9.84 Å². The van der Waals surface area contributed by atoms with Gasteiger partial charge in [0.2, 0.25) is 0 Å². The first-order valence-electron chi connectivity index (χ1n) is 4.34. The van der Waals surface area contributed by atoms with Crippen LogP contribution in [0, 0.1) is 5.92 Å². The molecule has 0 radical (unpaired) electrons. The molecule has 0 bridgehead atoms. The molecule has 0 aromatic carbocycles. The average Bonchev–Trinajstić information content (AvgIpc) is 2.87. The van der Waals surface area contributed by atoms with Crippen molar-refractivity contribution in [3.05, 3.63) is 0 Å². The topological polar surface area (TPSA) is 67.8 Å². The van der Waals surface area contributed by atoms with E-state index in [1.54, 1.807) is 7.11 Å². The molecule has 0 amide bonds. The fourth-order valence-electron chi connectivity index (χ4n) is 1.05. The van der Waals surface area contributed by atoms with Gasteiger partial charge in [0.15, 0.2) is 0 Å². The number of carbonyl (C=O) groups is 1. The second kappa shape index (κ2) is 5.16. The van der Waals surface area contributed by atoms with Gasteiger partial charge >= 0.3 is 5.97 Å². The molecular weight excluding hydrogens is 174 g/mol. The van der Waals surface area contributed by atoms with E-state index in [9.17, 15) is 4.79 Å². The molecule has 1 aliphatic rings. The quantitative estimate of drug-likeness (QED) is 0.436. The van der Waals surface area contributed by atoms with Gasteiger partial charge in [0.1, 0.15) is 6.04 Å². The van der Waals surface area contributed by atoms with E-state index in [1.165, 1.54) is 0 Å². The summed E-state index contributed by atoms with van der Waals surface area (Å²) in [4.78, 5) is 15.6. The first kappa shape index (κ1) is 10.4. The number of hydrogen-bond donors (Lipinski definition) is 2. The van der Waals surface area contributed by atoms with Crippen LogP contribution in [0.15, 0.2) is 0 Å². The molecule has 0 aromatic heterocycles. The van der Waals surface area contributed by atoms with Gasteiger partial charge in [0.05, 0.1) is 13.2 Å². The molecule has 5 heteroatoms. The Morgan fingerprint density at radius 1 is 1.62 bits per heavy atom. The minimum Gasteiger partial charge on any atom is -0.480 e. The Labute approximate surface area is 77.0 Å². The molecule has 0 saturated heterocycles. The Bertz CT molecular complexity index is 170. The lowest BCUT2D eigenvalue weighted by Crippen LogP contribution is -2.39. The van der Waals surface area contributed by atoms with Gasteiger partial charge in [-0.15, -0.1) is 0 Å². The van der Waals surface area contributed by atoms with Gasteiger partial charge in [-0.3, -0.25) is 9.63 Å². The molecule has 76 valence electrons. The Morgan fingerprint density at radius 2 is 2.31 bits per heavy atom. The smallest absolute Gasteiger partial charge is 0.323 e. The van der Waals surface area contributed by atoms with Crippen LogP contribution in [0.1, 0.15) is 12.8 Å². The van der Waals surface area contributed by atoms with Crippen molar-refractivity contribution in [2.45, 2.75) is 18.9 Å². The van der Waals surface area contributed by atoms with Gasteiger partial charge in [0.25, 0.3) is 0 Å². The molecule has 1 rings (SSSR count). The number of methoxy groups -OCH3 is 1. The zero-order valence-corrected chi connectivity index (χ0v) is 7.66. The zero-order valence-electron chi connectivity index (χ0n) is 7.66. The number of hydrogen-bond acceptors (Lipinski definition) is 4. The number of nitrogens with one attached hydrogen (secondary N) is 1. The van der Waals surface area contributed by atoms with Gasteiger partial charge in [-0.05, 0) is 18.8 Å². The highest BCUT2D eigenvalue weighted by Crippen LogP contribution is 2.32. The lowest BCUT2D eigenvalue weighted by molar-refractivity contribution is -0.145. The summed E-state index contributed by atoms with van der Waals surface area (Å²) < 4.78 is 4.75. The summed E-state index contributed by atoms with van der Waals surface area (Å²) in [6.07, 6.45) is 1.94. The van der Waals surface area contributed by atoms with E-state index in [4.69, 9.17) is 14.7 Å². The molecule has 0 heterocycles. The lowest BCUT2D eigenvalue weighted by atomic mass is 10.2. The molecule has 0 spiro atoms. The van der Waals surface area contributed by atoms with Crippen LogP contribution in [0.25, 0.3) is 0 Å². The predicted molar refractivity (Wildman–Crippen MR) is 45.1 cm³/mol. The maximum Gasteiger partial charge on any atom is 0.323 e. The fourth-order valence-corrected chi connectivity index (χ4v) is 1.05. The normalized spacial score (nSPS) is 18.5. The Morgan fingerprint density at radius 3 is 2.77 bits per heavy atom. The fraction of sp³-hybridized carbons (Fsp3) is 0.875. The third-order valence-corrected chi connectivity index (χ3v) is 1.96. The van der Waals surface area contributed by atoms with Crippen molar-refractivity contribution in [3.63, 3.8) is 0 Å². The van der Waals surface area contributed by atoms with E-state index in [-0.39, 0.29) is 5.92 Å². The maximum atomic E-state index is 10.7. The molecule has 1 atom stereocenters. The highest BCUT2D eigenvalue weighted by Gasteiger charge is 2.36. The van der Waals surface area contributed by atoms with Crippen LogP contribution < -0.4 is 5.48 Å². The predicted octanol–water partition coefficient (Wildman–Crippen LogP) is 0.0172. The third-order valence-electron chi connectivity index (χ3n) is 1.96. The van der Waals surface area contributed by atoms with Gasteiger partial charge in [0, 0.05) is 7.11 Å². The Hall–Kier alpha value is -0.650. The highest BCUT2D eigenvalue weighted by atomic mass is 16.7. The van der Waals surface area contributed by atoms with E-state index >= 15 is 0 Å². The summed E-state index contributed by atoms with van der Waals surface area (Å²) in [5.74, 6) is -0.611. The monoisotopic (exact) mass is 189 g/mol.